The minimum atomic E-state index is 0.00183. The molecule has 0 aliphatic rings. The third-order valence-electron chi connectivity index (χ3n) is 3.25. The molecule has 0 saturated carbocycles. The highest BCUT2D eigenvalue weighted by Gasteiger charge is 2.35. The molecule has 0 aliphatic heterocycles. The van der Waals surface area contributed by atoms with Crippen molar-refractivity contribution in [3.63, 3.8) is 0 Å². The van der Waals surface area contributed by atoms with Gasteiger partial charge in [-0.25, -0.2) is 4.98 Å². The lowest BCUT2D eigenvalue weighted by molar-refractivity contribution is 0.223. The lowest BCUT2D eigenvalue weighted by atomic mass is 9.85. The Hall–Kier alpha value is -0.410. The molecule has 16 heavy (non-hydrogen) atoms. The van der Waals surface area contributed by atoms with Crippen molar-refractivity contribution in [1.82, 2.24) is 10.3 Å². The van der Waals surface area contributed by atoms with Crippen molar-refractivity contribution in [3.05, 3.63) is 16.1 Å². The normalized spacial score (nSPS) is 17.4. The maximum atomic E-state index is 4.66. The van der Waals surface area contributed by atoms with Crippen LogP contribution < -0.4 is 5.32 Å². The van der Waals surface area contributed by atoms with Crippen LogP contribution in [0.25, 0.3) is 0 Å². The highest BCUT2D eigenvalue weighted by molar-refractivity contribution is 7.09. The van der Waals surface area contributed by atoms with Gasteiger partial charge in [0.15, 0.2) is 0 Å². The number of nitrogens with one attached hydrogen (secondary N) is 1. The topological polar surface area (TPSA) is 24.9 Å². The maximum Gasteiger partial charge on any atom is 0.113 e. The Morgan fingerprint density at radius 2 is 2.06 bits per heavy atom. The van der Waals surface area contributed by atoms with Crippen LogP contribution in [0.3, 0.4) is 0 Å². The van der Waals surface area contributed by atoms with Crippen molar-refractivity contribution in [2.45, 2.75) is 59.5 Å². The highest BCUT2D eigenvalue weighted by Crippen LogP contribution is 2.33. The Morgan fingerprint density at radius 3 is 2.44 bits per heavy atom. The molecule has 92 valence electrons. The van der Waals surface area contributed by atoms with Crippen molar-refractivity contribution < 1.29 is 0 Å². The van der Waals surface area contributed by atoms with Crippen LogP contribution in [-0.4, -0.2) is 11.0 Å². The van der Waals surface area contributed by atoms with Gasteiger partial charge in [-0.15, -0.1) is 11.3 Å². The van der Waals surface area contributed by atoms with Crippen LogP contribution in [0.4, 0.5) is 0 Å². The molecule has 1 aromatic rings. The van der Waals surface area contributed by atoms with Crippen molar-refractivity contribution in [1.29, 1.82) is 0 Å². The minimum Gasteiger partial charge on any atom is -0.303 e. The van der Waals surface area contributed by atoms with Crippen molar-refractivity contribution in [3.8, 4) is 0 Å². The first-order chi connectivity index (χ1) is 7.40. The summed E-state index contributed by atoms with van der Waals surface area (Å²) in [5.74, 6) is 0.584. The molecule has 2 nitrogen and oxygen atoms in total. The number of nitrogens with zero attached hydrogens (tertiary/aromatic N) is 1. The summed E-state index contributed by atoms with van der Waals surface area (Å²) < 4.78 is 0. The summed E-state index contributed by atoms with van der Waals surface area (Å²) in [5, 5.41) is 7.04. The second kappa shape index (κ2) is 5.28. The highest BCUT2D eigenvalue weighted by atomic mass is 32.1. The summed E-state index contributed by atoms with van der Waals surface area (Å²) in [5.41, 5.74) is 1.13. The molecule has 1 N–H and O–H groups in total. The number of aromatic nitrogens is 1. The van der Waals surface area contributed by atoms with Crippen LogP contribution in [0.2, 0.25) is 0 Å². The van der Waals surface area contributed by atoms with Crippen LogP contribution in [0.1, 0.15) is 51.7 Å². The van der Waals surface area contributed by atoms with Gasteiger partial charge in [0, 0.05) is 17.1 Å². The van der Waals surface area contributed by atoms with Gasteiger partial charge in [-0.1, -0.05) is 20.3 Å². The van der Waals surface area contributed by atoms with Crippen LogP contribution in [0, 0.1) is 12.8 Å². The molecular formula is C13H24N2S. The van der Waals surface area contributed by atoms with Gasteiger partial charge >= 0.3 is 0 Å². The Balaban J connectivity index is 3.03. The Labute approximate surface area is 103 Å². The molecule has 2 atom stereocenters. The molecule has 0 fully saturated rings. The molecule has 2 unspecified atom stereocenters. The van der Waals surface area contributed by atoms with Crippen molar-refractivity contribution >= 4 is 11.3 Å². The average molecular weight is 240 g/mol. The van der Waals surface area contributed by atoms with Gasteiger partial charge in [-0.2, -0.15) is 0 Å². The summed E-state index contributed by atoms with van der Waals surface area (Å²) in [7, 11) is 0. The number of thiazole rings is 1. The summed E-state index contributed by atoms with van der Waals surface area (Å²) >= 11 is 1.77. The van der Waals surface area contributed by atoms with Crippen LogP contribution in [-0.2, 0) is 5.54 Å². The molecule has 0 aliphatic carbocycles. The third kappa shape index (κ3) is 2.83. The number of hydrogen-bond acceptors (Lipinski definition) is 3. The van der Waals surface area contributed by atoms with Gasteiger partial charge in [-0.05, 0) is 33.6 Å². The van der Waals surface area contributed by atoms with Crippen LogP contribution in [0.5, 0.6) is 0 Å². The van der Waals surface area contributed by atoms with E-state index in [0.717, 1.165) is 12.1 Å². The smallest absolute Gasteiger partial charge is 0.113 e. The molecule has 1 heterocycles. The molecular weight excluding hydrogens is 216 g/mol. The van der Waals surface area contributed by atoms with Crippen molar-refractivity contribution in [2.75, 3.05) is 0 Å². The van der Waals surface area contributed by atoms with E-state index in [9.17, 15) is 0 Å². The van der Waals surface area contributed by atoms with E-state index in [-0.39, 0.29) is 5.54 Å². The number of aryl methyl sites for hydroxylation is 1. The molecule has 1 aromatic heterocycles. The van der Waals surface area contributed by atoms with Crippen LogP contribution in [0.15, 0.2) is 5.38 Å². The Kier molecular flexibility index (Phi) is 4.51. The minimum absolute atomic E-state index is 0.00183. The first kappa shape index (κ1) is 13.7. The van der Waals surface area contributed by atoms with Gasteiger partial charge in [0.1, 0.15) is 5.01 Å². The average Bonchev–Trinajstić information content (AvgIpc) is 2.62. The van der Waals surface area contributed by atoms with Gasteiger partial charge in [-0.3, -0.25) is 0 Å². The van der Waals surface area contributed by atoms with E-state index in [4.69, 9.17) is 0 Å². The molecule has 3 heteroatoms. The zero-order valence-electron chi connectivity index (χ0n) is 11.3. The maximum absolute atomic E-state index is 4.66. The van der Waals surface area contributed by atoms with Crippen LogP contribution >= 0.6 is 11.3 Å². The third-order valence-corrected chi connectivity index (χ3v) is 4.45. The molecule has 0 spiro atoms. The fourth-order valence-electron chi connectivity index (χ4n) is 2.02. The predicted octanol–water partition coefficient (Wildman–Crippen LogP) is 3.71. The molecule has 0 saturated heterocycles. The number of rotatable bonds is 5. The Bertz CT molecular complexity index is 332. The molecule has 0 bridgehead atoms. The van der Waals surface area contributed by atoms with E-state index < -0.39 is 0 Å². The molecule has 0 amide bonds. The predicted molar refractivity (Wildman–Crippen MR) is 71.9 cm³/mol. The van der Waals surface area contributed by atoms with E-state index in [1.807, 2.05) is 0 Å². The first-order valence-electron chi connectivity index (χ1n) is 6.10. The zero-order chi connectivity index (χ0) is 12.3. The quantitative estimate of drug-likeness (QED) is 0.848. The van der Waals surface area contributed by atoms with E-state index in [1.54, 1.807) is 11.3 Å². The van der Waals surface area contributed by atoms with E-state index in [0.29, 0.717) is 12.0 Å². The first-order valence-corrected chi connectivity index (χ1v) is 6.98. The SMILES string of the molecule is CCC(C)C(C)(NC(C)C)c1nc(C)cs1. The number of hydrogen-bond donors (Lipinski definition) is 1. The summed E-state index contributed by atoms with van der Waals surface area (Å²) in [4.78, 5) is 4.66. The van der Waals surface area contributed by atoms with E-state index >= 15 is 0 Å². The summed E-state index contributed by atoms with van der Waals surface area (Å²) in [6, 6.07) is 0.475. The fourth-order valence-corrected chi connectivity index (χ4v) is 3.05. The molecule has 0 radical (unpaired) electrons. The molecule has 0 aromatic carbocycles. The standard InChI is InChI=1S/C13H24N2S/c1-7-10(4)13(6,15-9(2)3)12-14-11(5)8-16-12/h8-10,15H,7H2,1-6H3. The van der Waals surface area contributed by atoms with Gasteiger partial charge in [0.05, 0.1) is 5.54 Å². The van der Waals surface area contributed by atoms with Gasteiger partial charge in [0.2, 0.25) is 0 Å². The van der Waals surface area contributed by atoms with Gasteiger partial charge < -0.3 is 5.32 Å². The fraction of sp³-hybridized carbons (Fsp3) is 0.769. The van der Waals surface area contributed by atoms with E-state index in [2.05, 4.69) is 57.2 Å². The second-order valence-corrected chi connectivity index (χ2v) is 5.96. The summed E-state index contributed by atoms with van der Waals surface area (Å²) in [6.07, 6.45) is 1.16. The lowest BCUT2D eigenvalue weighted by Crippen LogP contribution is -2.48. The van der Waals surface area contributed by atoms with Gasteiger partial charge in [0.25, 0.3) is 0 Å². The zero-order valence-corrected chi connectivity index (χ0v) is 12.1. The van der Waals surface area contributed by atoms with Crippen molar-refractivity contribution in [2.24, 2.45) is 5.92 Å². The largest absolute Gasteiger partial charge is 0.303 e. The lowest BCUT2D eigenvalue weighted by Gasteiger charge is -2.36. The summed E-state index contributed by atoms with van der Waals surface area (Å²) in [6.45, 7) is 13.3. The van der Waals surface area contributed by atoms with E-state index in [1.165, 1.54) is 5.01 Å². The second-order valence-electron chi connectivity index (χ2n) is 5.10. The molecule has 1 rings (SSSR count). The monoisotopic (exact) mass is 240 g/mol. The Morgan fingerprint density at radius 1 is 1.44 bits per heavy atom.